The number of hydrogen-bond donors (Lipinski definition) is 1. The van der Waals surface area contributed by atoms with Crippen LogP contribution in [0.5, 0.6) is 0 Å². The molecule has 1 saturated carbocycles. The third-order valence-corrected chi connectivity index (χ3v) is 5.78. The molecule has 3 rings (SSSR count). The third-order valence-electron chi connectivity index (χ3n) is 5.78. The second-order valence-corrected chi connectivity index (χ2v) is 7.84. The van der Waals surface area contributed by atoms with Crippen molar-refractivity contribution in [3.05, 3.63) is 0 Å². The van der Waals surface area contributed by atoms with Crippen LogP contribution in [0.3, 0.4) is 0 Å². The van der Waals surface area contributed by atoms with E-state index in [-0.39, 0.29) is 0 Å². The summed E-state index contributed by atoms with van der Waals surface area (Å²) in [6.45, 7) is 4.86. The van der Waals surface area contributed by atoms with Gasteiger partial charge in [0.25, 0.3) is 0 Å². The molecule has 3 unspecified atom stereocenters. The zero-order valence-electron chi connectivity index (χ0n) is 12.4. The van der Waals surface area contributed by atoms with Gasteiger partial charge < -0.3 is 10.2 Å². The summed E-state index contributed by atoms with van der Waals surface area (Å²) in [6.07, 6.45) is 11.3. The van der Waals surface area contributed by atoms with Crippen LogP contribution in [-0.2, 0) is 0 Å². The molecule has 0 radical (unpaired) electrons. The minimum Gasteiger partial charge on any atom is -0.311 e. The van der Waals surface area contributed by atoms with Crippen molar-refractivity contribution in [1.29, 1.82) is 0 Å². The van der Waals surface area contributed by atoms with E-state index in [1.54, 1.807) is 0 Å². The summed E-state index contributed by atoms with van der Waals surface area (Å²) in [7, 11) is 2.35. The van der Waals surface area contributed by atoms with Crippen molar-refractivity contribution >= 4 is 0 Å². The molecule has 2 saturated heterocycles. The molecule has 2 heterocycles. The Morgan fingerprint density at radius 3 is 2.22 bits per heavy atom. The SMILES string of the molecule is CN1C2CCCC1CC(NC1CCC(C)(C)C1)C2. The number of fused-ring (bicyclic) bond motifs is 2. The molecule has 18 heavy (non-hydrogen) atoms. The lowest BCUT2D eigenvalue weighted by atomic mass is 9.82. The Morgan fingerprint density at radius 1 is 1.00 bits per heavy atom. The lowest BCUT2D eigenvalue weighted by Gasteiger charge is -2.47. The minimum atomic E-state index is 0.582. The fourth-order valence-corrected chi connectivity index (χ4v) is 4.66. The smallest absolute Gasteiger partial charge is 0.0110 e. The maximum atomic E-state index is 4.00. The average molecular weight is 250 g/mol. The molecule has 2 bridgehead atoms. The summed E-state index contributed by atoms with van der Waals surface area (Å²) >= 11 is 0. The molecule has 2 nitrogen and oxygen atoms in total. The van der Waals surface area contributed by atoms with Crippen LogP contribution in [0.2, 0.25) is 0 Å². The van der Waals surface area contributed by atoms with Gasteiger partial charge in [0.2, 0.25) is 0 Å². The predicted octanol–water partition coefficient (Wildman–Crippen LogP) is 3.17. The van der Waals surface area contributed by atoms with E-state index in [9.17, 15) is 0 Å². The van der Waals surface area contributed by atoms with Crippen LogP contribution in [0.4, 0.5) is 0 Å². The number of nitrogens with zero attached hydrogens (tertiary/aromatic N) is 1. The van der Waals surface area contributed by atoms with Gasteiger partial charge in [0.1, 0.15) is 0 Å². The Labute approximate surface area is 113 Å². The van der Waals surface area contributed by atoms with Gasteiger partial charge in [-0.3, -0.25) is 0 Å². The standard InChI is InChI=1S/C16H30N2/c1-16(2)8-7-12(11-16)17-13-9-14-5-4-6-15(10-13)18(14)3/h12-15,17H,4-11H2,1-3H3. The zero-order valence-corrected chi connectivity index (χ0v) is 12.4. The Bertz CT molecular complexity index is 285. The maximum Gasteiger partial charge on any atom is 0.0110 e. The summed E-state index contributed by atoms with van der Waals surface area (Å²) in [5.74, 6) is 0. The summed E-state index contributed by atoms with van der Waals surface area (Å²) in [4.78, 5) is 2.67. The topological polar surface area (TPSA) is 15.3 Å². The highest BCUT2D eigenvalue weighted by molar-refractivity contribution is 4.96. The second kappa shape index (κ2) is 4.79. The number of nitrogens with one attached hydrogen (secondary N) is 1. The van der Waals surface area contributed by atoms with Gasteiger partial charge >= 0.3 is 0 Å². The van der Waals surface area contributed by atoms with Crippen LogP contribution >= 0.6 is 0 Å². The first-order valence-corrected chi connectivity index (χ1v) is 8.01. The number of piperidine rings is 2. The molecule has 1 N–H and O–H groups in total. The Hall–Kier alpha value is -0.0800. The van der Waals surface area contributed by atoms with Crippen LogP contribution in [-0.4, -0.2) is 36.1 Å². The predicted molar refractivity (Wildman–Crippen MR) is 76.8 cm³/mol. The van der Waals surface area contributed by atoms with E-state index in [1.807, 2.05) is 0 Å². The molecule has 0 amide bonds. The van der Waals surface area contributed by atoms with Crippen LogP contribution < -0.4 is 5.32 Å². The third kappa shape index (κ3) is 2.60. The van der Waals surface area contributed by atoms with Gasteiger partial charge in [-0.25, -0.2) is 0 Å². The monoisotopic (exact) mass is 250 g/mol. The normalized spacial score (nSPS) is 44.2. The van der Waals surface area contributed by atoms with E-state index >= 15 is 0 Å². The molecule has 0 spiro atoms. The lowest BCUT2D eigenvalue weighted by molar-refractivity contribution is 0.0457. The summed E-state index contributed by atoms with van der Waals surface area (Å²) in [6, 6.07) is 3.33. The van der Waals surface area contributed by atoms with E-state index in [4.69, 9.17) is 0 Å². The zero-order chi connectivity index (χ0) is 12.8. The largest absolute Gasteiger partial charge is 0.311 e. The molecule has 2 aliphatic heterocycles. The molecule has 3 atom stereocenters. The Morgan fingerprint density at radius 2 is 1.67 bits per heavy atom. The highest BCUT2D eigenvalue weighted by Gasteiger charge is 2.38. The molecular formula is C16H30N2. The van der Waals surface area contributed by atoms with E-state index in [0.29, 0.717) is 5.41 Å². The van der Waals surface area contributed by atoms with Crippen molar-refractivity contribution in [3.63, 3.8) is 0 Å². The molecule has 3 fully saturated rings. The summed E-state index contributed by atoms with van der Waals surface area (Å²) < 4.78 is 0. The van der Waals surface area contributed by atoms with Crippen LogP contribution in [0.25, 0.3) is 0 Å². The van der Waals surface area contributed by atoms with Gasteiger partial charge in [0.05, 0.1) is 0 Å². The van der Waals surface area contributed by atoms with Gasteiger partial charge in [-0.15, -0.1) is 0 Å². The Kier molecular flexibility index (Phi) is 3.44. The first-order chi connectivity index (χ1) is 8.53. The molecule has 0 aromatic carbocycles. The van der Waals surface area contributed by atoms with E-state index in [0.717, 1.165) is 24.2 Å². The molecule has 3 aliphatic rings. The highest BCUT2D eigenvalue weighted by Crippen LogP contribution is 2.38. The first kappa shape index (κ1) is 12.9. The highest BCUT2D eigenvalue weighted by atomic mass is 15.2. The molecular weight excluding hydrogens is 220 g/mol. The van der Waals surface area contributed by atoms with Crippen molar-refractivity contribution in [3.8, 4) is 0 Å². The van der Waals surface area contributed by atoms with Crippen molar-refractivity contribution < 1.29 is 0 Å². The second-order valence-electron chi connectivity index (χ2n) is 7.84. The van der Waals surface area contributed by atoms with Gasteiger partial charge in [-0.2, -0.15) is 0 Å². The molecule has 2 heteroatoms. The van der Waals surface area contributed by atoms with Gasteiger partial charge in [-0.1, -0.05) is 20.3 Å². The molecule has 1 aliphatic carbocycles. The number of hydrogen-bond acceptors (Lipinski definition) is 2. The lowest BCUT2D eigenvalue weighted by Crippen LogP contribution is -2.55. The van der Waals surface area contributed by atoms with Gasteiger partial charge in [0, 0.05) is 24.2 Å². The van der Waals surface area contributed by atoms with Crippen LogP contribution in [0, 0.1) is 5.41 Å². The average Bonchev–Trinajstić information content (AvgIpc) is 2.60. The van der Waals surface area contributed by atoms with Crippen LogP contribution in [0.1, 0.15) is 65.2 Å². The van der Waals surface area contributed by atoms with Crippen molar-refractivity contribution in [1.82, 2.24) is 10.2 Å². The summed E-state index contributed by atoms with van der Waals surface area (Å²) in [5.41, 5.74) is 0.582. The first-order valence-electron chi connectivity index (χ1n) is 8.01. The van der Waals surface area contributed by atoms with E-state index in [2.05, 4.69) is 31.1 Å². The fourth-order valence-electron chi connectivity index (χ4n) is 4.66. The van der Waals surface area contributed by atoms with E-state index in [1.165, 1.54) is 51.4 Å². The fraction of sp³-hybridized carbons (Fsp3) is 1.00. The van der Waals surface area contributed by atoms with Crippen LogP contribution in [0.15, 0.2) is 0 Å². The molecule has 0 aromatic heterocycles. The minimum absolute atomic E-state index is 0.582. The van der Waals surface area contributed by atoms with Gasteiger partial charge in [-0.05, 0) is 57.4 Å². The quantitative estimate of drug-likeness (QED) is 0.810. The maximum absolute atomic E-state index is 4.00. The molecule has 104 valence electrons. The summed E-state index contributed by atoms with van der Waals surface area (Å²) in [5, 5.41) is 4.00. The van der Waals surface area contributed by atoms with Crippen molar-refractivity contribution in [2.45, 2.75) is 89.4 Å². The van der Waals surface area contributed by atoms with E-state index < -0.39 is 0 Å². The van der Waals surface area contributed by atoms with Crippen molar-refractivity contribution in [2.24, 2.45) is 5.41 Å². The Balaban J connectivity index is 1.55. The number of rotatable bonds is 2. The van der Waals surface area contributed by atoms with Gasteiger partial charge in [0.15, 0.2) is 0 Å². The molecule has 0 aromatic rings. The van der Waals surface area contributed by atoms with Crippen molar-refractivity contribution in [2.75, 3.05) is 7.05 Å².